The van der Waals surface area contributed by atoms with Crippen LogP contribution in [-0.2, 0) is 9.59 Å². The Morgan fingerprint density at radius 3 is 2.20 bits per heavy atom. The molecule has 1 aliphatic rings. The van der Waals surface area contributed by atoms with Gasteiger partial charge in [-0.1, -0.05) is 6.07 Å². The second-order valence-corrected chi connectivity index (χ2v) is 7.92. The third-order valence-electron chi connectivity index (χ3n) is 5.26. The maximum atomic E-state index is 12.6. The van der Waals surface area contributed by atoms with Gasteiger partial charge in [-0.2, -0.15) is 0 Å². The van der Waals surface area contributed by atoms with Crippen molar-refractivity contribution < 1.29 is 14.3 Å². The van der Waals surface area contributed by atoms with Gasteiger partial charge in [0.25, 0.3) is 0 Å². The van der Waals surface area contributed by atoms with Crippen LogP contribution in [0.25, 0.3) is 0 Å². The highest BCUT2D eigenvalue weighted by molar-refractivity contribution is 5.93. The predicted octanol–water partition coefficient (Wildman–Crippen LogP) is 3.99. The maximum absolute atomic E-state index is 12.6. The number of likely N-dealkylation sites (tertiary alicyclic amines) is 1. The number of anilines is 2. The molecular weight excluding hydrogens is 378 g/mol. The highest BCUT2D eigenvalue weighted by atomic mass is 16.5. The van der Waals surface area contributed by atoms with Gasteiger partial charge in [0, 0.05) is 17.3 Å². The lowest BCUT2D eigenvalue weighted by Crippen LogP contribution is -2.41. The molecule has 2 N–H and O–H groups in total. The van der Waals surface area contributed by atoms with E-state index in [0.29, 0.717) is 13.2 Å². The minimum Gasteiger partial charge on any atom is -0.494 e. The van der Waals surface area contributed by atoms with Crippen LogP contribution in [0.3, 0.4) is 0 Å². The minimum absolute atomic E-state index is 0.0164. The quantitative estimate of drug-likeness (QED) is 0.725. The lowest BCUT2D eigenvalue weighted by Gasteiger charge is -2.30. The van der Waals surface area contributed by atoms with E-state index in [1.165, 1.54) is 0 Å². The van der Waals surface area contributed by atoms with Crippen LogP contribution in [0.4, 0.5) is 11.4 Å². The summed E-state index contributed by atoms with van der Waals surface area (Å²) >= 11 is 0. The molecule has 0 aromatic heterocycles. The van der Waals surface area contributed by atoms with E-state index in [4.69, 9.17) is 4.74 Å². The van der Waals surface area contributed by atoms with E-state index in [2.05, 4.69) is 21.6 Å². The van der Waals surface area contributed by atoms with E-state index in [1.807, 2.05) is 57.2 Å². The molecule has 160 valence electrons. The highest BCUT2D eigenvalue weighted by Crippen LogP contribution is 2.21. The van der Waals surface area contributed by atoms with Crippen molar-refractivity contribution >= 4 is 23.2 Å². The summed E-state index contributed by atoms with van der Waals surface area (Å²) in [6.07, 6.45) is 1.50. The molecule has 1 heterocycles. The zero-order chi connectivity index (χ0) is 21.5. The number of amides is 2. The van der Waals surface area contributed by atoms with Gasteiger partial charge in [0.05, 0.1) is 13.2 Å². The van der Waals surface area contributed by atoms with Crippen molar-refractivity contribution in [2.45, 2.75) is 33.6 Å². The first-order valence-corrected chi connectivity index (χ1v) is 10.6. The molecule has 3 rings (SSSR count). The fourth-order valence-electron chi connectivity index (χ4n) is 3.85. The maximum Gasteiger partial charge on any atom is 0.238 e. The summed E-state index contributed by atoms with van der Waals surface area (Å²) in [7, 11) is 0. The standard InChI is InChI=1S/C24H31N3O3/c1-4-30-22-7-5-20(6-8-22)26-24(29)19-9-11-27(12-10-19)16-23(28)25-21-14-17(2)13-18(3)15-21/h5-8,13-15,19H,4,9-12,16H2,1-3H3,(H,25,28)(H,26,29). The topological polar surface area (TPSA) is 70.7 Å². The van der Waals surface area contributed by atoms with Crippen molar-refractivity contribution in [3.8, 4) is 5.75 Å². The number of aryl methyl sites for hydroxylation is 2. The van der Waals surface area contributed by atoms with Gasteiger partial charge in [0.1, 0.15) is 5.75 Å². The third-order valence-corrected chi connectivity index (χ3v) is 5.26. The molecule has 1 aliphatic heterocycles. The second-order valence-electron chi connectivity index (χ2n) is 7.92. The largest absolute Gasteiger partial charge is 0.494 e. The molecule has 0 bridgehead atoms. The summed E-state index contributed by atoms with van der Waals surface area (Å²) in [4.78, 5) is 27.1. The van der Waals surface area contributed by atoms with Crippen LogP contribution >= 0.6 is 0 Å². The molecule has 0 atom stereocenters. The number of piperidine rings is 1. The summed E-state index contributed by atoms with van der Waals surface area (Å²) < 4.78 is 5.42. The van der Waals surface area contributed by atoms with Crippen LogP contribution < -0.4 is 15.4 Å². The Morgan fingerprint density at radius 2 is 1.60 bits per heavy atom. The molecule has 30 heavy (non-hydrogen) atoms. The number of carbonyl (C=O) groups excluding carboxylic acids is 2. The van der Waals surface area contributed by atoms with Gasteiger partial charge >= 0.3 is 0 Å². The van der Waals surface area contributed by atoms with Crippen LogP contribution in [0.15, 0.2) is 42.5 Å². The Kier molecular flexibility index (Phi) is 7.46. The molecule has 0 saturated carbocycles. The molecule has 6 nitrogen and oxygen atoms in total. The molecule has 1 saturated heterocycles. The first-order chi connectivity index (χ1) is 14.4. The van der Waals surface area contributed by atoms with Crippen molar-refractivity contribution in [1.82, 2.24) is 4.90 Å². The summed E-state index contributed by atoms with van der Waals surface area (Å²) in [5.74, 6) is 0.786. The number of hydrogen-bond donors (Lipinski definition) is 2. The monoisotopic (exact) mass is 409 g/mol. The summed E-state index contributed by atoms with van der Waals surface area (Å²) in [5.41, 5.74) is 3.87. The first-order valence-electron chi connectivity index (χ1n) is 10.6. The average molecular weight is 410 g/mol. The van der Waals surface area contributed by atoms with Crippen LogP contribution in [0.5, 0.6) is 5.75 Å². The lowest BCUT2D eigenvalue weighted by atomic mass is 9.96. The van der Waals surface area contributed by atoms with Gasteiger partial charge in [-0.15, -0.1) is 0 Å². The molecule has 0 radical (unpaired) electrons. The number of nitrogens with one attached hydrogen (secondary N) is 2. The Bertz CT molecular complexity index is 852. The smallest absolute Gasteiger partial charge is 0.238 e. The van der Waals surface area contributed by atoms with Crippen LogP contribution in [0, 0.1) is 19.8 Å². The number of ether oxygens (including phenoxy) is 1. The Labute approximate surface area is 178 Å². The molecule has 0 unspecified atom stereocenters. The van der Waals surface area contributed by atoms with E-state index >= 15 is 0 Å². The summed E-state index contributed by atoms with van der Waals surface area (Å²) in [6, 6.07) is 13.5. The van der Waals surface area contributed by atoms with Gasteiger partial charge in [-0.3, -0.25) is 14.5 Å². The predicted molar refractivity (Wildman–Crippen MR) is 120 cm³/mol. The molecule has 2 amide bonds. The average Bonchev–Trinajstić information content (AvgIpc) is 2.69. The van der Waals surface area contributed by atoms with Gasteiger partial charge in [0.15, 0.2) is 0 Å². The second kappa shape index (κ2) is 10.3. The van der Waals surface area contributed by atoms with E-state index in [0.717, 1.165) is 54.2 Å². The van der Waals surface area contributed by atoms with Crippen molar-refractivity contribution in [2.75, 3.05) is 36.9 Å². The van der Waals surface area contributed by atoms with Crippen LogP contribution in [0.1, 0.15) is 30.9 Å². The fourth-order valence-corrected chi connectivity index (χ4v) is 3.85. The van der Waals surface area contributed by atoms with Gasteiger partial charge in [-0.05, 0) is 94.2 Å². The normalized spacial score (nSPS) is 14.9. The SMILES string of the molecule is CCOc1ccc(NC(=O)C2CCN(CC(=O)Nc3cc(C)cc(C)c3)CC2)cc1. The highest BCUT2D eigenvalue weighted by Gasteiger charge is 2.26. The van der Waals surface area contributed by atoms with Gasteiger partial charge < -0.3 is 15.4 Å². The zero-order valence-corrected chi connectivity index (χ0v) is 18.0. The molecule has 2 aromatic carbocycles. The van der Waals surface area contributed by atoms with Crippen molar-refractivity contribution in [3.05, 3.63) is 53.6 Å². The zero-order valence-electron chi connectivity index (χ0n) is 18.0. The van der Waals surface area contributed by atoms with Crippen molar-refractivity contribution in [2.24, 2.45) is 5.92 Å². The number of rotatable bonds is 7. The van der Waals surface area contributed by atoms with E-state index < -0.39 is 0 Å². The third kappa shape index (κ3) is 6.32. The number of benzene rings is 2. The molecule has 6 heteroatoms. The van der Waals surface area contributed by atoms with E-state index in [-0.39, 0.29) is 17.7 Å². The Morgan fingerprint density at radius 1 is 0.967 bits per heavy atom. The number of nitrogens with zero attached hydrogens (tertiary/aromatic N) is 1. The first kappa shape index (κ1) is 21.8. The van der Waals surface area contributed by atoms with Gasteiger partial charge in [-0.25, -0.2) is 0 Å². The Hall–Kier alpha value is -2.86. The lowest BCUT2D eigenvalue weighted by molar-refractivity contribution is -0.121. The van der Waals surface area contributed by atoms with Gasteiger partial charge in [0.2, 0.25) is 11.8 Å². The van der Waals surface area contributed by atoms with Crippen LogP contribution in [-0.4, -0.2) is 43.0 Å². The van der Waals surface area contributed by atoms with E-state index in [1.54, 1.807) is 0 Å². The fraction of sp³-hybridized carbons (Fsp3) is 0.417. The Balaban J connectivity index is 1.43. The number of hydrogen-bond acceptors (Lipinski definition) is 4. The molecule has 0 spiro atoms. The number of carbonyl (C=O) groups is 2. The van der Waals surface area contributed by atoms with Crippen LogP contribution in [0.2, 0.25) is 0 Å². The minimum atomic E-state index is -0.0321. The summed E-state index contributed by atoms with van der Waals surface area (Å²) in [5, 5.41) is 5.97. The molecular formula is C24H31N3O3. The molecule has 2 aromatic rings. The summed E-state index contributed by atoms with van der Waals surface area (Å²) in [6.45, 7) is 8.42. The molecule has 0 aliphatic carbocycles. The van der Waals surface area contributed by atoms with E-state index in [9.17, 15) is 9.59 Å². The van der Waals surface area contributed by atoms with Crippen molar-refractivity contribution in [1.29, 1.82) is 0 Å². The van der Waals surface area contributed by atoms with Crippen molar-refractivity contribution in [3.63, 3.8) is 0 Å². The molecule has 1 fully saturated rings.